The molecule has 0 amide bonds. The summed E-state index contributed by atoms with van der Waals surface area (Å²) in [4.78, 5) is 12.5. The van der Waals surface area contributed by atoms with Gasteiger partial charge in [-0.15, -0.1) is 11.3 Å². The summed E-state index contributed by atoms with van der Waals surface area (Å²) in [5.74, 6) is 1.75. The summed E-state index contributed by atoms with van der Waals surface area (Å²) < 4.78 is 0. The molecule has 0 aliphatic rings. The highest BCUT2D eigenvalue weighted by atomic mass is 32.1. The maximum absolute atomic E-state index is 8.72. The molecule has 0 aromatic carbocycles. The van der Waals surface area contributed by atoms with E-state index < -0.39 is 0 Å². The van der Waals surface area contributed by atoms with Crippen molar-refractivity contribution in [3.05, 3.63) is 17.3 Å². The number of nitrogens with zero attached hydrogens (tertiary/aromatic N) is 4. The lowest BCUT2D eigenvalue weighted by Gasteiger charge is -2.18. The predicted molar refractivity (Wildman–Crippen MR) is 87.4 cm³/mol. The van der Waals surface area contributed by atoms with Crippen LogP contribution >= 0.6 is 11.3 Å². The zero-order valence-electron chi connectivity index (χ0n) is 12.6. The van der Waals surface area contributed by atoms with E-state index in [2.05, 4.69) is 46.2 Å². The minimum Gasteiger partial charge on any atom is -0.369 e. The van der Waals surface area contributed by atoms with Crippen LogP contribution in [0.2, 0.25) is 0 Å². The molecule has 1 N–H and O–H groups in total. The van der Waals surface area contributed by atoms with Crippen LogP contribution in [0.4, 0.5) is 5.82 Å². The molecule has 21 heavy (non-hydrogen) atoms. The third-order valence-electron chi connectivity index (χ3n) is 3.27. The van der Waals surface area contributed by atoms with Gasteiger partial charge in [-0.25, -0.2) is 9.97 Å². The highest BCUT2D eigenvalue weighted by Crippen LogP contribution is 2.25. The van der Waals surface area contributed by atoms with Crippen molar-refractivity contribution in [2.75, 3.05) is 25.0 Å². The highest BCUT2D eigenvalue weighted by Gasteiger charge is 2.11. The summed E-state index contributed by atoms with van der Waals surface area (Å²) in [6.45, 7) is 7.49. The third kappa shape index (κ3) is 4.13. The van der Waals surface area contributed by atoms with Gasteiger partial charge in [0.1, 0.15) is 16.5 Å². The first-order valence-electron chi connectivity index (χ1n) is 7.35. The Morgan fingerprint density at radius 3 is 2.95 bits per heavy atom. The van der Waals surface area contributed by atoms with Crippen LogP contribution in [-0.4, -0.2) is 34.5 Å². The van der Waals surface area contributed by atoms with Crippen LogP contribution in [-0.2, 0) is 6.54 Å². The van der Waals surface area contributed by atoms with E-state index in [0.29, 0.717) is 13.0 Å². The zero-order valence-corrected chi connectivity index (χ0v) is 13.4. The fourth-order valence-corrected chi connectivity index (χ4v) is 2.89. The second kappa shape index (κ2) is 7.91. The Bertz CT molecular complexity index is 616. The maximum atomic E-state index is 8.72. The average molecular weight is 303 g/mol. The van der Waals surface area contributed by atoms with Crippen molar-refractivity contribution in [1.82, 2.24) is 14.9 Å². The van der Waals surface area contributed by atoms with Crippen molar-refractivity contribution in [2.24, 2.45) is 0 Å². The summed E-state index contributed by atoms with van der Waals surface area (Å²) in [6, 6.07) is 4.25. The maximum Gasteiger partial charge on any atom is 0.146 e. The Labute approximate surface area is 129 Å². The summed E-state index contributed by atoms with van der Waals surface area (Å²) in [5, 5.41) is 15.2. The molecule has 0 saturated heterocycles. The van der Waals surface area contributed by atoms with Gasteiger partial charge in [-0.05, 0) is 24.4 Å². The van der Waals surface area contributed by atoms with E-state index in [-0.39, 0.29) is 0 Å². The van der Waals surface area contributed by atoms with Gasteiger partial charge in [0.15, 0.2) is 0 Å². The molecule has 5 nitrogen and oxygen atoms in total. The van der Waals surface area contributed by atoms with Gasteiger partial charge >= 0.3 is 0 Å². The number of aromatic nitrogens is 2. The first-order chi connectivity index (χ1) is 10.3. The Kier molecular flexibility index (Phi) is 5.90. The number of anilines is 1. The SMILES string of the molecule is CCCNc1nc(CN(CC)CCC#N)nc2sccc12. The number of thiophene rings is 1. The van der Waals surface area contributed by atoms with E-state index in [4.69, 9.17) is 5.26 Å². The van der Waals surface area contributed by atoms with Crippen molar-refractivity contribution in [2.45, 2.75) is 33.2 Å². The molecule has 2 aromatic rings. The monoisotopic (exact) mass is 303 g/mol. The standard InChI is InChI=1S/C15H21N5S/c1-3-8-17-14-12-6-10-21-15(12)19-13(18-14)11-20(4-2)9-5-7-16/h6,10H,3-5,8-9,11H2,1-2H3,(H,17,18,19). The van der Waals surface area contributed by atoms with Crippen molar-refractivity contribution < 1.29 is 0 Å². The van der Waals surface area contributed by atoms with Crippen molar-refractivity contribution in [3.8, 4) is 6.07 Å². The van der Waals surface area contributed by atoms with Crippen LogP contribution in [0.15, 0.2) is 11.4 Å². The molecule has 2 heterocycles. The van der Waals surface area contributed by atoms with Crippen LogP contribution in [0, 0.1) is 11.3 Å². The second-order valence-electron chi connectivity index (χ2n) is 4.83. The molecule has 0 bridgehead atoms. The van der Waals surface area contributed by atoms with Gasteiger partial charge in [0.05, 0.1) is 18.0 Å². The first kappa shape index (κ1) is 15.7. The number of nitrogens with one attached hydrogen (secondary N) is 1. The molecule has 2 aromatic heterocycles. The number of nitriles is 1. The minimum absolute atomic E-state index is 0.538. The molecule has 0 atom stereocenters. The molecule has 0 radical (unpaired) electrons. The zero-order chi connectivity index (χ0) is 15.1. The summed E-state index contributed by atoms with van der Waals surface area (Å²) in [5.41, 5.74) is 0. The van der Waals surface area contributed by atoms with Gasteiger partial charge in [0.2, 0.25) is 0 Å². The lowest BCUT2D eigenvalue weighted by Crippen LogP contribution is -2.25. The van der Waals surface area contributed by atoms with Crippen LogP contribution in [0.5, 0.6) is 0 Å². The van der Waals surface area contributed by atoms with E-state index in [1.54, 1.807) is 11.3 Å². The summed E-state index contributed by atoms with van der Waals surface area (Å²) >= 11 is 1.64. The molecule has 0 unspecified atom stereocenters. The Balaban J connectivity index is 2.20. The fraction of sp³-hybridized carbons (Fsp3) is 0.533. The quantitative estimate of drug-likeness (QED) is 0.811. The van der Waals surface area contributed by atoms with Gasteiger partial charge in [-0.3, -0.25) is 4.90 Å². The minimum atomic E-state index is 0.538. The van der Waals surface area contributed by atoms with Crippen LogP contribution in [0.25, 0.3) is 10.2 Å². The first-order valence-corrected chi connectivity index (χ1v) is 8.23. The Hall–Kier alpha value is -1.71. The van der Waals surface area contributed by atoms with Crippen LogP contribution < -0.4 is 5.32 Å². The molecule has 2 rings (SSSR count). The molecular formula is C15H21N5S. The van der Waals surface area contributed by atoms with Crippen molar-refractivity contribution in [3.63, 3.8) is 0 Å². The summed E-state index contributed by atoms with van der Waals surface area (Å²) in [6.07, 6.45) is 1.60. The van der Waals surface area contributed by atoms with E-state index in [0.717, 1.165) is 47.9 Å². The van der Waals surface area contributed by atoms with E-state index >= 15 is 0 Å². The van der Waals surface area contributed by atoms with Gasteiger partial charge in [-0.1, -0.05) is 13.8 Å². The van der Waals surface area contributed by atoms with Gasteiger partial charge in [0.25, 0.3) is 0 Å². The summed E-state index contributed by atoms with van der Waals surface area (Å²) in [7, 11) is 0. The van der Waals surface area contributed by atoms with Crippen molar-refractivity contribution in [1.29, 1.82) is 5.26 Å². The molecule has 0 spiro atoms. The third-order valence-corrected chi connectivity index (χ3v) is 4.07. The second-order valence-corrected chi connectivity index (χ2v) is 5.73. The molecule has 6 heteroatoms. The molecule has 0 aliphatic carbocycles. The molecule has 0 fully saturated rings. The topological polar surface area (TPSA) is 64.8 Å². The van der Waals surface area contributed by atoms with E-state index in [1.807, 2.05) is 5.38 Å². The van der Waals surface area contributed by atoms with Crippen molar-refractivity contribution >= 4 is 27.4 Å². The lowest BCUT2D eigenvalue weighted by molar-refractivity contribution is 0.280. The van der Waals surface area contributed by atoms with Gasteiger partial charge in [-0.2, -0.15) is 5.26 Å². The lowest BCUT2D eigenvalue weighted by atomic mass is 10.3. The smallest absolute Gasteiger partial charge is 0.146 e. The van der Waals surface area contributed by atoms with Crippen LogP contribution in [0.1, 0.15) is 32.5 Å². The van der Waals surface area contributed by atoms with Crippen LogP contribution in [0.3, 0.4) is 0 Å². The number of fused-ring (bicyclic) bond motifs is 1. The largest absolute Gasteiger partial charge is 0.369 e. The highest BCUT2D eigenvalue weighted by molar-refractivity contribution is 7.16. The van der Waals surface area contributed by atoms with E-state index in [1.165, 1.54) is 0 Å². The van der Waals surface area contributed by atoms with Gasteiger partial charge < -0.3 is 5.32 Å². The molecule has 0 saturated carbocycles. The Morgan fingerprint density at radius 1 is 1.38 bits per heavy atom. The van der Waals surface area contributed by atoms with E-state index in [9.17, 15) is 0 Å². The number of rotatable bonds is 8. The predicted octanol–water partition coefficient (Wildman–Crippen LogP) is 3.25. The molecule has 0 aliphatic heterocycles. The molecular weight excluding hydrogens is 282 g/mol. The molecule has 112 valence electrons. The van der Waals surface area contributed by atoms with Gasteiger partial charge in [0, 0.05) is 19.5 Å². The normalized spacial score (nSPS) is 11.0. The fourth-order valence-electron chi connectivity index (χ4n) is 2.11. The number of hydrogen-bond donors (Lipinski definition) is 1. The Morgan fingerprint density at radius 2 is 2.24 bits per heavy atom. The average Bonchev–Trinajstić information content (AvgIpc) is 2.97. The number of hydrogen-bond acceptors (Lipinski definition) is 6.